The second kappa shape index (κ2) is 7.38. The van der Waals surface area contributed by atoms with Crippen LogP contribution in [0.15, 0.2) is 30.5 Å². The largest absolute Gasteiger partial charge is 0.398 e. The number of pyridine rings is 1. The Morgan fingerprint density at radius 2 is 2.14 bits per heavy atom. The first-order valence-corrected chi connectivity index (χ1v) is 7.52. The molecule has 1 heterocycles. The molecule has 2 N–H and O–H groups in total. The van der Waals surface area contributed by atoms with Crippen molar-refractivity contribution in [3.05, 3.63) is 36.0 Å². The average molecular weight is 287 g/mol. The van der Waals surface area contributed by atoms with E-state index in [1.54, 1.807) is 7.11 Å². The molecule has 1 aromatic carbocycles. The van der Waals surface area contributed by atoms with Crippen LogP contribution in [0.2, 0.25) is 0 Å². The van der Waals surface area contributed by atoms with E-state index in [-0.39, 0.29) is 0 Å². The Bertz CT molecular complexity index is 585. The fourth-order valence-electron chi connectivity index (χ4n) is 2.52. The normalized spacial score (nSPS) is 13.0. The molecule has 1 unspecified atom stereocenters. The Balaban J connectivity index is 2.30. The molecule has 0 bridgehead atoms. The van der Waals surface area contributed by atoms with Gasteiger partial charge < -0.3 is 10.5 Å². The molecule has 21 heavy (non-hydrogen) atoms. The van der Waals surface area contributed by atoms with Crippen molar-refractivity contribution in [2.75, 3.05) is 26.0 Å². The van der Waals surface area contributed by atoms with Crippen molar-refractivity contribution in [2.24, 2.45) is 0 Å². The molecule has 4 heteroatoms. The number of hydrogen-bond acceptors (Lipinski definition) is 4. The molecule has 0 saturated heterocycles. The summed E-state index contributed by atoms with van der Waals surface area (Å²) in [6.45, 7) is 6.99. The maximum absolute atomic E-state index is 6.05. The zero-order valence-electron chi connectivity index (χ0n) is 13.2. The third-order valence-electron chi connectivity index (χ3n) is 4.06. The van der Waals surface area contributed by atoms with Crippen LogP contribution in [-0.4, -0.2) is 36.2 Å². The van der Waals surface area contributed by atoms with Gasteiger partial charge >= 0.3 is 0 Å². The number of fused-ring (bicyclic) bond motifs is 1. The summed E-state index contributed by atoms with van der Waals surface area (Å²) in [5, 5.41) is 1.03. The van der Waals surface area contributed by atoms with E-state index in [1.165, 1.54) is 5.56 Å². The molecular weight excluding hydrogens is 262 g/mol. The molecule has 2 aromatic rings. The molecule has 0 aliphatic carbocycles. The Kier molecular flexibility index (Phi) is 5.53. The fourth-order valence-corrected chi connectivity index (χ4v) is 2.52. The minimum Gasteiger partial charge on any atom is -0.398 e. The topological polar surface area (TPSA) is 51.4 Å². The van der Waals surface area contributed by atoms with E-state index in [9.17, 15) is 0 Å². The Labute approximate surface area is 126 Å². The van der Waals surface area contributed by atoms with Crippen molar-refractivity contribution in [3.63, 3.8) is 0 Å². The molecule has 0 amide bonds. The van der Waals surface area contributed by atoms with Gasteiger partial charge in [-0.05, 0) is 37.1 Å². The van der Waals surface area contributed by atoms with Gasteiger partial charge in [-0.25, -0.2) is 0 Å². The first-order valence-electron chi connectivity index (χ1n) is 7.52. The highest BCUT2D eigenvalue weighted by Crippen LogP contribution is 2.24. The number of anilines is 1. The van der Waals surface area contributed by atoms with Crippen LogP contribution in [-0.2, 0) is 11.3 Å². The summed E-state index contributed by atoms with van der Waals surface area (Å²) in [5.41, 5.74) is 9.06. The second-order valence-electron chi connectivity index (χ2n) is 5.43. The maximum Gasteiger partial charge on any atom is 0.0767 e. The number of nitrogen functional groups attached to an aromatic ring is 1. The third kappa shape index (κ3) is 3.71. The molecule has 114 valence electrons. The Morgan fingerprint density at radius 3 is 2.86 bits per heavy atom. The summed E-state index contributed by atoms with van der Waals surface area (Å²) < 4.78 is 5.23. The minimum atomic E-state index is 0.511. The highest BCUT2D eigenvalue weighted by molar-refractivity contribution is 5.92. The van der Waals surface area contributed by atoms with Crippen molar-refractivity contribution >= 4 is 16.6 Å². The van der Waals surface area contributed by atoms with Gasteiger partial charge in [-0.3, -0.25) is 9.88 Å². The molecule has 1 aromatic heterocycles. The molecule has 0 spiro atoms. The maximum atomic E-state index is 6.05. The van der Waals surface area contributed by atoms with E-state index in [2.05, 4.69) is 29.8 Å². The standard InChI is InChI=1S/C17H25N3O/c1-4-13(2)20(10-11-21-3)12-14-7-8-16(18)15-6-5-9-19-17(14)15/h5-9,13H,4,10-12,18H2,1-3H3. The van der Waals surface area contributed by atoms with E-state index in [0.717, 1.165) is 42.7 Å². The number of rotatable bonds is 7. The van der Waals surface area contributed by atoms with Crippen molar-refractivity contribution in [1.29, 1.82) is 0 Å². The predicted octanol–water partition coefficient (Wildman–Crippen LogP) is 3.06. The lowest BCUT2D eigenvalue weighted by atomic mass is 10.1. The van der Waals surface area contributed by atoms with Crippen LogP contribution in [0.1, 0.15) is 25.8 Å². The zero-order chi connectivity index (χ0) is 15.2. The van der Waals surface area contributed by atoms with E-state index >= 15 is 0 Å². The molecule has 0 aliphatic heterocycles. The molecule has 4 nitrogen and oxygen atoms in total. The molecule has 1 atom stereocenters. The van der Waals surface area contributed by atoms with Crippen LogP contribution in [0.25, 0.3) is 10.9 Å². The number of methoxy groups -OCH3 is 1. The number of ether oxygens (including phenoxy) is 1. The van der Waals surface area contributed by atoms with Crippen LogP contribution in [0.4, 0.5) is 5.69 Å². The van der Waals surface area contributed by atoms with Gasteiger partial charge in [-0.2, -0.15) is 0 Å². The minimum absolute atomic E-state index is 0.511. The number of nitrogens with zero attached hydrogens (tertiary/aromatic N) is 2. The van der Waals surface area contributed by atoms with Crippen LogP contribution < -0.4 is 5.73 Å². The lowest BCUT2D eigenvalue weighted by Crippen LogP contribution is -2.35. The van der Waals surface area contributed by atoms with Crippen molar-refractivity contribution < 1.29 is 4.74 Å². The molecular formula is C17H25N3O. The summed E-state index contributed by atoms with van der Waals surface area (Å²) in [4.78, 5) is 6.96. The molecule has 2 rings (SSSR count). The van der Waals surface area contributed by atoms with Gasteiger partial charge in [0.25, 0.3) is 0 Å². The van der Waals surface area contributed by atoms with Gasteiger partial charge in [0.1, 0.15) is 0 Å². The van der Waals surface area contributed by atoms with E-state index in [1.807, 2.05) is 24.4 Å². The highest BCUT2D eigenvalue weighted by Gasteiger charge is 2.14. The van der Waals surface area contributed by atoms with Crippen molar-refractivity contribution in [2.45, 2.75) is 32.9 Å². The first-order chi connectivity index (χ1) is 10.2. The first kappa shape index (κ1) is 15.7. The molecule has 0 aliphatic rings. The van der Waals surface area contributed by atoms with Crippen molar-refractivity contribution in [3.8, 4) is 0 Å². The zero-order valence-corrected chi connectivity index (χ0v) is 13.2. The molecule has 0 fully saturated rings. The second-order valence-corrected chi connectivity index (χ2v) is 5.43. The summed E-state index contributed by atoms with van der Waals surface area (Å²) in [6.07, 6.45) is 2.94. The lowest BCUT2D eigenvalue weighted by molar-refractivity contribution is 0.118. The number of benzene rings is 1. The van der Waals surface area contributed by atoms with Crippen LogP contribution >= 0.6 is 0 Å². The van der Waals surface area contributed by atoms with Crippen LogP contribution in [0, 0.1) is 0 Å². The summed E-state index contributed by atoms with van der Waals surface area (Å²) in [5.74, 6) is 0. The van der Waals surface area contributed by atoms with Gasteiger partial charge in [-0.1, -0.05) is 13.0 Å². The van der Waals surface area contributed by atoms with Gasteiger partial charge in [0.05, 0.1) is 12.1 Å². The monoisotopic (exact) mass is 287 g/mol. The summed E-state index contributed by atoms with van der Waals surface area (Å²) >= 11 is 0. The summed E-state index contributed by atoms with van der Waals surface area (Å²) in [6, 6.07) is 8.54. The van der Waals surface area contributed by atoms with E-state index in [0.29, 0.717) is 6.04 Å². The predicted molar refractivity (Wildman–Crippen MR) is 88.2 cm³/mol. The SMILES string of the molecule is CCC(C)N(CCOC)Cc1ccc(N)c2cccnc12. The number of nitrogens with two attached hydrogens (primary N) is 1. The van der Waals surface area contributed by atoms with Gasteiger partial charge in [0.15, 0.2) is 0 Å². The lowest BCUT2D eigenvalue weighted by Gasteiger charge is -2.28. The van der Waals surface area contributed by atoms with Crippen LogP contribution in [0.3, 0.4) is 0 Å². The van der Waals surface area contributed by atoms with Crippen molar-refractivity contribution in [1.82, 2.24) is 9.88 Å². The highest BCUT2D eigenvalue weighted by atomic mass is 16.5. The van der Waals surface area contributed by atoms with Gasteiger partial charge in [0, 0.05) is 43.5 Å². The Morgan fingerprint density at radius 1 is 1.33 bits per heavy atom. The molecule has 0 saturated carbocycles. The number of aromatic nitrogens is 1. The van der Waals surface area contributed by atoms with Gasteiger partial charge in [0.2, 0.25) is 0 Å². The number of hydrogen-bond donors (Lipinski definition) is 1. The fraction of sp³-hybridized carbons (Fsp3) is 0.471. The van der Waals surface area contributed by atoms with Crippen LogP contribution in [0.5, 0.6) is 0 Å². The van der Waals surface area contributed by atoms with E-state index < -0.39 is 0 Å². The summed E-state index contributed by atoms with van der Waals surface area (Å²) in [7, 11) is 1.75. The molecule has 0 radical (unpaired) electrons. The van der Waals surface area contributed by atoms with Gasteiger partial charge in [-0.15, -0.1) is 0 Å². The van der Waals surface area contributed by atoms with E-state index in [4.69, 9.17) is 10.5 Å². The average Bonchev–Trinajstić information content (AvgIpc) is 2.53. The smallest absolute Gasteiger partial charge is 0.0767 e. The third-order valence-corrected chi connectivity index (χ3v) is 4.06. The Hall–Kier alpha value is -1.65. The quantitative estimate of drug-likeness (QED) is 0.795.